The molecule has 1 aromatic carbocycles. The van der Waals surface area contributed by atoms with Gasteiger partial charge < -0.3 is 9.64 Å². The van der Waals surface area contributed by atoms with Gasteiger partial charge in [0.2, 0.25) is 5.91 Å². The number of carbonyl (C=O) groups excluding carboxylic acids is 1. The van der Waals surface area contributed by atoms with Crippen LogP contribution in [0.25, 0.3) is 0 Å². The first-order valence-electron chi connectivity index (χ1n) is 11.3. The van der Waals surface area contributed by atoms with Gasteiger partial charge in [-0.25, -0.2) is 0 Å². The lowest BCUT2D eigenvalue weighted by molar-refractivity contribution is -0.132. The van der Waals surface area contributed by atoms with Crippen molar-refractivity contribution >= 4 is 5.91 Å². The molecule has 4 nitrogen and oxygen atoms in total. The fourth-order valence-corrected chi connectivity index (χ4v) is 5.70. The summed E-state index contributed by atoms with van der Waals surface area (Å²) in [4.78, 5) is 17.7. The third-order valence-corrected chi connectivity index (χ3v) is 7.42. The van der Waals surface area contributed by atoms with Crippen LogP contribution in [-0.2, 0) is 11.3 Å². The third kappa shape index (κ3) is 4.37. The third-order valence-electron chi connectivity index (χ3n) is 7.42. The van der Waals surface area contributed by atoms with Crippen molar-refractivity contribution in [3.05, 3.63) is 29.8 Å². The summed E-state index contributed by atoms with van der Waals surface area (Å²) in [5.41, 5.74) is 1.49. The molecule has 1 aromatic rings. The van der Waals surface area contributed by atoms with Crippen LogP contribution >= 0.6 is 0 Å². The Morgan fingerprint density at radius 3 is 2.54 bits per heavy atom. The van der Waals surface area contributed by atoms with Crippen LogP contribution in [0.5, 0.6) is 5.75 Å². The monoisotopic (exact) mass is 384 g/mol. The van der Waals surface area contributed by atoms with E-state index < -0.39 is 0 Å². The van der Waals surface area contributed by atoms with Gasteiger partial charge in [-0.05, 0) is 68.7 Å². The smallest absolute Gasteiger partial charge is 0.223 e. The summed E-state index contributed by atoms with van der Waals surface area (Å²) in [5.74, 6) is 2.09. The highest BCUT2D eigenvalue weighted by Crippen LogP contribution is 2.41. The van der Waals surface area contributed by atoms with Crippen LogP contribution in [0, 0.1) is 5.92 Å². The largest absolute Gasteiger partial charge is 0.497 e. The van der Waals surface area contributed by atoms with Crippen molar-refractivity contribution in [2.24, 2.45) is 5.92 Å². The number of amides is 1. The Kier molecular flexibility index (Phi) is 6.25. The topological polar surface area (TPSA) is 32.8 Å². The maximum Gasteiger partial charge on any atom is 0.223 e. The maximum atomic E-state index is 12.8. The van der Waals surface area contributed by atoms with E-state index in [1.54, 1.807) is 7.11 Å². The molecule has 154 valence electrons. The van der Waals surface area contributed by atoms with Gasteiger partial charge in [0, 0.05) is 31.6 Å². The summed E-state index contributed by atoms with van der Waals surface area (Å²) in [6.45, 7) is 4.26. The Morgan fingerprint density at radius 1 is 1.00 bits per heavy atom. The minimum Gasteiger partial charge on any atom is -0.497 e. The molecule has 0 aromatic heterocycles. The first-order chi connectivity index (χ1) is 13.7. The molecule has 1 saturated carbocycles. The summed E-state index contributed by atoms with van der Waals surface area (Å²) >= 11 is 0. The number of ether oxygens (including phenoxy) is 1. The lowest BCUT2D eigenvalue weighted by Gasteiger charge is -2.41. The molecule has 2 aliphatic heterocycles. The molecule has 0 bridgehead atoms. The van der Waals surface area contributed by atoms with E-state index in [0.29, 0.717) is 5.91 Å². The zero-order chi connectivity index (χ0) is 19.4. The molecule has 1 aliphatic carbocycles. The second-order valence-corrected chi connectivity index (χ2v) is 9.21. The van der Waals surface area contributed by atoms with Crippen molar-refractivity contribution in [1.29, 1.82) is 0 Å². The van der Waals surface area contributed by atoms with Gasteiger partial charge in [0.15, 0.2) is 0 Å². The summed E-state index contributed by atoms with van der Waals surface area (Å²) in [6.07, 6.45) is 12.1. The van der Waals surface area contributed by atoms with Gasteiger partial charge in [0.1, 0.15) is 5.75 Å². The van der Waals surface area contributed by atoms with Gasteiger partial charge in [-0.2, -0.15) is 0 Å². The number of benzene rings is 1. The van der Waals surface area contributed by atoms with Gasteiger partial charge >= 0.3 is 0 Å². The molecule has 28 heavy (non-hydrogen) atoms. The van der Waals surface area contributed by atoms with Crippen molar-refractivity contribution in [3.63, 3.8) is 0 Å². The number of carbonyl (C=O) groups is 1. The molecule has 0 N–H and O–H groups in total. The first-order valence-corrected chi connectivity index (χ1v) is 11.3. The van der Waals surface area contributed by atoms with E-state index in [1.807, 2.05) is 0 Å². The van der Waals surface area contributed by atoms with Gasteiger partial charge in [-0.3, -0.25) is 9.69 Å². The predicted molar refractivity (Wildman–Crippen MR) is 112 cm³/mol. The van der Waals surface area contributed by atoms with Gasteiger partial charge in [-0.15, -0.1) is 0 Å². The van der Waals surface area contributed by atoms with Crippen molar-refractivity contribution in [2.45, 2.75) is 76.3 Å². The molecule has 1 spiro atoms. The van der Waals surface area contributed by atoms with Crippen LogP contribution in [0.4, 0.5) is 0 Å². The lowest BCUT2D eigenvalue weighted by Crippen LogP contribution is -2.48. The van der Waals surface area contributed by atoms with Crippen molar-refractivity contribution in [1.82, 2.24) is 9.80 Å². The predicted octanol–water partition coefficient (Wildman–Crippen LogP) is 4.62. The number of hydrogen-bond acceptors (Lipinski definition) is 3. The van der Waals surface area contributed by atoms with E-state index >= 15 is 0 Å². The van der Waals surface area contributed by atoms with E-state index in [-0.39, 0.29) is 5.54 Å². The lowest BCUT2D eigenvalue weighted by atomic mass is 9.84. The normalized spacial score (nSPS) is 27.3. The van der Waals surface area contributed by atoms with E-state index in [2.05, 4.69) is 34.1 Å². The zero-order valence-corrected chi connectivity index (χ0v) is 17.5. The number of rotatable bonds is 5. The SMILES string of the molecule is COc1ccc(CN2CCC[C@]3(CCC(=O)N3CC3CCCCC3)CC2)cc1. The van der Waals surface area contributed by atoms with Crippen LogP contribution in [0.3, 0.4) is 0 Å². The standard InChI is InChI=1S/C24H36N2O2/c1-28-22-10-8-21(9-11-22)18-25-16-5-13-24(15-17-25)14-12-23(27)26(24)19-20-6-3-2-4-7-20/h8-11,20H,2-7,12-19H2,1H3/t24-/m0/s1. The molecule has 4 rings (SSSR count). The van der Waals surface area contributed by atoms with E-state index in [1.165, 1.54) is 50.5 Å². The molecule has 0 unspecified atom stereocenters. The highest BCUT2D eigenvalue weighted by atomic mass is 16.5. The Morgan fingerprint density at radius 2 is 1.79 bits per heavy atom. The summed E-state index contributed by atoms with van der Waals surface area (Å²) in [6, 6.07) is 8.45. The number of hydrogen-bond donors (Lipinski definition) is 0. The second-order valence-electron chi connectivity index (χ2n) is 9.21. The van der Waals surface area contributed by atoms with Crippen LogP contribution < -0.4 is 4.74 Å². The number of likely N-dealkylation sites (tertiary alicyclic amines) is 2. The molecule has 0 radical (unpaired) electrons. The second kappa shape index (κ2) is 8.86. The Bertz CT molecular complexity index is 653. The van der Waals surface area contributed by atoms with E-state index in [0.717, 1.165) is 57.1 Å². The van der Waals surface area contributed by atoms with Crippen LogP contribution in [-0.4, -0.2) is 48.0 Å². The Labute approximate surface area is 170 Å². The zero-order valence-electron chi connectivity index (χ0n) is 17.5. The molecule has 1 atom stereocenters. The highest BCUT2D eigenvalue weighted by Gasteiger charge is 2.46. The molecule has 1 amide bonds. The van der Waals surface area contributed by atoms with E-state index in [9.17, 15) is 4.79 Å². The summed E-state index contributed by atoms with van der Waals surface area (Å²) in [7, 11) is 1.71. The molecule has 4 heteroatoms. The highest BCUT2D eigenvalue weighted by molar-refractivity contribution is 5.79. The van der Waals surface area contributed by atoms with Crippen LogP contribution in [0.2, 0.25) is 0 Å². The molecule has 3 aliphatic rings. The summed E-state index contributed by atoms with van der Waals surface area (Å²) < 4.78 is 5.28. The van der Waals surface area contributed by atoms with E-state index in [4.69, 9.17) is 4.74 Å². The number of methoxy groups -OCH3 is 1. The van der Waals surface area contributed by atoms with Crippen molar-refractivity contribution < 1.29 is 9.53 Å². The molecule has 3 fully saturated rings. The van der Waals surface area contributed by atoms with Crippen molar-refractivity contribution in [3.8, 4) is 5.75 Å². The van der Waals surface area contributed by atoms with Crippen molar-refractivity contribution in [2.75, 3.05) is 26.7 Å². The molecule has 2 saturated heterocycles. The molecule has 2 heterocycles. The maximum absolute atomic E-state index is 12.8. The minimum atomic E-state index is 0.142. The molecular formula is C24H36N2O2. The Hall–Kier alpha value is -1.55. The Balaban J connectivity index is 1.38. The quantitative estimate of drug-likeness (QED) is 0.742. The fourth-order valence-electron chi connectivity index (χ4n) is 5.70. The van der Waals surface area contributed by atoms with Gasteiger partial charge in [0.25, 0.3) is 0 Å². The van der Waals surface area contributed by atoms with Crippen LogP contribution in [0.15, 0.2) is 24.3 Å². The van der Waals surface area contributed by atoms with Gasteiger partial charge in [-0.1, -0.05) is 31.4 Å². The average Bonchev–Trinajstić information content (AvgIpc) is 2.90. The first kappa shape index (κ1) is 19.8. The van der Waals surface area contributed by atoms with Gasteiger partial charge in [0.05, 0.1) is 7.11 Å². The number of nitrogens with zero attached hydrogens (tertiary/aromatic N) is 2. The van der Waals surface area contributed by atoms with Crippen LogP contribution in [0.1, 0.15) is 69.8 Å². The fraction of sp³-hybridized carbons (Fsp3) is 0.708. The average molecular weight is 385 g/mol. The summed E-state index contributed by atoms with van der Waals surface area (Å²) in [5, 5.41) is 0. The molecular weight excluding hydrogens is 348 g/mol. The minimum absolute atomic E-state index is 0.142.